The lowest BCUT2D eigenvalue weighted by molar-refractivity contribution is 0.102. The average Bonchev–Trinajstić information content (AvgIpc) is 2.65. The molecule has 1 aromatic carbocycles. The van der Waals surface area contributed by atoms with E-state index in [0.29, 0.717) is 11.4 Å². The highest BCUT2D eigenvalue weighted by Gasteiger charge is 2.06. The first-order chi connectivity index (χ1) is 11.7. The summed E-state index contributed by atoms with van der Waals surface area (Å²) < 4.78 is 5.12. The van der Waals surface area contributed by atoms with E-state index in [1.165, 1.54) is 6.20 Å². The molecule has 0 spiro atoms. The van der Waals surface area contributed by atoms with Gasteiger partial charge in [0.25, 0.3) is 5.91 Å². The molecule has 24 heavy (non-hydrogen) atoms. The first-order valence-electron chi connectivity index (χ1n) is 7.33. The van der Waals surface area contributed by atoms with Crippen molar-refractivity contribution in [3.05, 3.63) is 72.7 Å². The van der Waals surface area contributed by atoms with Crippen molar-refractivity contribution in [1.29, 1.82) is 0 Å². The highest BCUT2D eigenvalue weighted by atomic mass is 16.5. The van der Waals surface area contributed by atoms with Gasteiger partial charge in [0.05, 0.1) is 24.6 Å². The minimum absolute atomic E-state index is 0.244. The molecule has 0 saturated heterocycles. The summed E-state index contributed by atoms with van der Waals surface area (Å²) >= 11 is 0. The van der Waals surface area contributed by atoms with Crippen LogP contribution in [0.1, 0.15) is 10.4 Å². The van der Waals surface area contributed by atoms with Crippen molar-refractivity contribution in [1.82, 2.24) is 9.97 Å². The van der Waals surface area contributed by atoms with E-state index in [1.807, 2.05) is 30.3 Å². The molecular formula is C18H16N4O2. The van der Waals surface area contributed by atoms with Gasteiger partial charge in [-0.15, -0.1) is 0 Å². The van der Waals surface area contributed by atoms with E-state index in [1.54, 1.807) is 37.7 Å². The van der Waals surface area contributed by atoms with Crippen LogP contribution in [0.4, 0.5) is 17.2 Å². The molecule has 0 saturated carbocycles. The maximum atomic E-state index is 12.0. The third-order valence-corrected chi connectivity index (χ3v) is 3.31. The van der Waals surface area contributed by atoms with Gasteiger partial charge in [-0.1, -0.05) is 0 Å². The summed E-state index contributed by atoms with van der Waals surface area (Å²) in [6.45, 7) is 0. The van der Waals surface area contributed by atoms with E-state index < -0.39 is 0 Å². The molecule has 0 bridgehead atoms. The summed E-state index contributed by atoms with van der Waals surface area (Å²) in [5.41, 5.74) is 2.23. The summed E-state index contributed by atoms with van der Waals surface area (Å²) in [6, 6.07) is 14.6. The van der Waals surface area contributed by atoms with Crippen LogP contribution in [0.3, 0.4) is 0 Å². The highest BCUT2D eigenvalue weighted by Crippen LogP contribution is 2.20. The second-order valence-electron chi connectivity index (χ2n) is 4.98. The van der Waals surface area contributed by atoms with Crippen molar-refractivity contribution in [2.24, 2.45) is 0 Å². The monoisotopic (exact) mass is 320 g/mol. The molecule has 0 atom stereocenters. The molecule has 3 aromatic rings. The van der Waals surface area contributed by atoms with Gasteiger partial charge >= 0.3 is 0 Å². The Morgan fingerprint density at radius 1 is 1.00 bits per heavy atom. The Labute approximate surface area is 139 Å². The van der Waals surface area contributed by atoms with E-state index in [4.69, 9.17) is 4.74 Å². The number of hydrogen-bond acceptors (Lipinski definition) is 5. The van der Waals surface area contributed by atoms with Crippen molar-refractivity contribution in [3.8, 4) is 5.75 Å². The molecule has 120 valence electrons. The van der Waals surface area contributed by atoms with Gasteiger partial charge in [-0.3, -0.25) is 9.78 Å². The third-order valence-electron chi connectivity index (χ3n) is 3.31. The van der Waals surface area contributed by atoms with Gasteiger partial charge in [-0.25, -0.2) is 4.98 Å². The second kappa shape index (κ2) is 7.23. The topological polar surface area (TPSA) is 76.1 Å². The maximum absolute atomic E-state index is 12.0. The lowest BCUT2D eigenvalue weighted by atomic mass is 10.2. The lowest BCUT2D eigenvalue weighted by Crippen LogP contribution is -2.13. The first kappa shape index (κ1) is 15.5. The normalized spacial score (nSPS) is 10.0. The number of amides is 1. The molecule has 0 aliphatic heterocycles. The molecule has 0 unspecified atom stereocenters. The molecule has 0 fully saturated rings. The Hall–Kier alpha value is -3.41. The standard InChI is InChI=1S/C18H16N4O2/c1-24-16-7-4-14(5-8-16)21-15-6-9-17(20-12-15)22-18(23)13-3-2-10-19-11-13/h2-12,21H,1H3,(H,20,22,23). The molecule has 6 nitrogen and oxygen atoms in total. The van der Waals surface area contributed by atoms with Crippen LogP contribution in [0.25, 0.3) is 0 Å². The number of nitrogens with zero attached hydrogens (tertiary/aromatic N) is 2. The lowest BCUT2D eigenvalue weighted by Gasteiger charge is -2.08. The smallest absolute Gasteiger partial charge is 0.258 e. The molecule has 0 radical (unpaired) electrons. The Morgan fingerprint density at radius 3 is 2.42 bits per heavy atom. The molecule has 3 rings (SSSR count). The summed E-state index contributed by atoms with van der Waals surface area (Å²) in [5.74, 6) is 1.03. The molecular weight excluding hydrogens is 304 g/mol. The van der Waals surface area contributed by atoms with Crippen LogP contribution in [0, 0.1) is 0 Å². The van der Waals surface area contributed by atoms with Crippen molar-refractivity contribution in [2.45, 2.75) is 0 Å². The van der Waals surface area contributed by atoms with Crippen LogP contribution in [-0.4, -0.2) is 23.0 Å². The minimum atomic E-state index is -0.244. The van der Waals surface area contributed by atoms with E-state index in [9.17, 15) is 4.79 Å². The Kier molecular flexibility index (Phi) is 4.67. The van der Waals surface area contributed by atoms with Crippen LogP contribution in [0.15, 0.2) is 67.1 Å². The van der Waals surface area contributed by atoms with Crippen molar-refractivity contribution >= 4 is 23.1 Å². The predicted octanol–water partition coefficient (Wildman–Crippen LogP) is 3.48. The minimum Gasteiger partial charge on any atom is -0.497 e. The van der Waals surface area contributed by atoms with E-state index in [-0.39, 0.29) is 5.91 Å². The molecule has 2 N–H and O–H groups in total. The quantitative estimate of drug-likeness (QED) is 0.752. The molecule has 1 amide bonds. The molecule has 0 aliphatic rings. The zero-order chi connectivity index (χ0) is 16.8. The summed E-state index contributed by atoms with van der Waals surface area (Å²) in [4.78, 5) is 20.2. The second-order valence-corrected chi connectivity index (χ2v) is 4.98. The number of hydrogen-bond donors (Lipinski definition) is 2. The molecule has 0 aliphatic carbocycles. The number of carbonyl (C=O) groups is 1. The average molecular weight is 320 g/mol. The molecule has 2 heterocycles. The SMILES string of the molecule is COc1ccc(Nc2ccc(NC(=O)c3cccnc3)nc2)cc1. The van der Waals surface area contributed by atoms with E-state index >= 15 is 0 Å². The van der Waals surface area contributed by atoms with Gasteiger partial charge in [-0.2, -0.15) is 0 Å². The fourth-order valence-electron chi connectivity index (χ4n) is 2.07. The predicted molar refractivity (Wildman–Crippen MR) is 92.7 cm³/mol. The van der Waals surface area contributed by atoms with Crippen LogP contribution < -0.4 is 15.4 Å². The highest BCUT2D eigenvalue weighted by molar-refractivity contribution is 6.03. The van der Waals surface area contributed by atoms with Gasteiger partial charge in [0.15, 0.2) is 0 Å². The first-order valence-corrected chi connectivity index (χ1v) is 7.33. The number of pyridine rings is 2. The van der Waals surface area contributed by atoms with E-state index in [2.05, 4.69) is 20.6 Å². The van der Waals surface area contributed by atoms with Gasteiger partial charge in [-0.05, 0) is 48.5 Å². The number of methoxy groups -OCH3 is 1. The maximum Gasteiger partial charge on any atom is 0.258 e. The van der Waals surface area contributed by atoms with Gasteiger partial charge in [0.1, 0.15) is 11.6 Å². The zero-order valence-electron chi connectivity index (χ0n) is 13.1. The van der Waals surface area contributed by atoms with Crippen LogP contribution >= 0.6 is 0 Å². The fraction of sp³-hybridized carbons (Fsp3) is 0.0556. The summed E-state index contributed by atoms with van der Waals surface area (Å²) in [7, 11) is 1.63. The number of benzene rings is 1. The Bertz CT molecular complexity index is 803. The van der Waals surface area contributed by atoms with Crippen molar-refractivity contribution in [3.63, 3.8) is 0 Å². The number of nitrogens with one attached hydrogen (secondary N) is 2. The van der Waals surface area contributed by atoms with Crippen molar-refractivity contribution < 1.29 is 9.53 Å². The number of carbonyl (C=O) groups excluding carboxylic acids is 1. The fourth-order valence-corrected chi connectivity index (χ4v) is 2.07. The van der Waals surface area contributed by atoms with Gasteiger partial charge in [0, 0.05) is 18.1 Å². The third kappa shape index (κ3) is 3.86. The Balaban J connectivity index is 1.63. The molecule has 6 heteroatoms. The molecule has 2 aromatic heterocycles. The number of anilines is 3. The summed E-state index contributed by atoms with van der Waals surface area (Å²) in [6.07, 6.45) is 4.78. The summed E-state index contributed by atoms with van der Waals surface area (Å²) in [5, 5.41) is 5.96. The largest absolute Gasteiger partial charge is 0.497 e. The van der Waals surface area contributed by atoms with E-state index in [0.717, 1.165) is 17.1 Å². The van der Waals surface area contributed by atoms with Gasteiger partial charge < -0.3 is 15.4 Å². The van der Waals surface area contributed by atoms with Crippen LogP contribution in [0.2, 0.25) is 0 Å². The van der Waals surface area contributed by atoms with Gasteiger partial charge in [0.2, 0.25) is 0 Å². The van der Waals surface area contributed by atoms with Crippen molar-refractivity contribution in [2.75, 3.05) is 17.7 Å². The zero-order valence-corrected chi connectivity index (χ0v) is 13.1. The Morgan fingerprint density at radius 2 is 1.79 bits per heavy atom. The number of ether oxygens (including phenoxy) is 1. The van der Waals surface area contributed by atoms with Crippen LogP contribution in [0.5, 0.6) is 5.75 Å². The van der Waals surface area contributed by atoms with Crippen LogP contribution in [-0.2, 0) is 0 Å². The number of rotatable bonds is 5. The number of aromatic nitrogens is 2.